The lowest BCUT2D eigenvalue weighted by molar-refractivity contribution is -0.298. The first kappa shape index (κ1) is 35.6. The van der Waals surface area contributed by atoms with Crippen molar-refractivity contribution in [3.8, 4) is 0 Å². The molecule has 2 heterocycles. The van der Waals surface area contributed by atoms with Crippen molar-refractivity contribution in [1.82, 2.24) is 10.6 Å². The highest BCUT2D eigenvalue weighted by molar-refractivity contribution is 5.97. The van der Waals surface area contributed by atoms with Crippen LogP contribution in [0.2, 0.25) is 0 Å². The highest BCUT2D eigenvalue weighted by atomic mass is 16.7. The minimum atomic E-state index is -1.54. The van der Waals surface area contributed by atoms with E-state index in [0.717, 1.165) is 0 Å². The van der Waals surface area contributed by atoms with E-state index in [4.69, 9.17) is 28.8 Å². The van der Waals surface area contributed by atoms with E-state index in [1.807, 2.05) is 0 Å². The number of aliphatic hydroxyl groups is 6. The highest BCUT2D eigenvalue weighted by Gasteiger charge is 2.44. The molecule has 0 saturated carbocycles. The molecule has 1 aromatic carbocycles. The largest absolute Gasteiger partial charge is 0.456 e. The molecule has 8 N–H and O–H groups in total. The van der Waals surface area contributed by atoms with Crippen molar-refractivity contribution in [2.24, 2.45) is 0 Å². The zero-order valence-electron chi connectivity index (χ0n) is 25.0. The number of carbonyl (C=O) groups excluding carboxylic acids is 3. The van der Waals surface area contributed by atoms with Gasteiger partial charge < -0.3 is 65.0 Å². The molecule has 2 aliphatic heterocycles. The Labute approximate surface area is 264 Å². The Balaban J connectivity index is 1.32. The Morgan fingerprint density at radius 1 is 1.07 bits per heavy atom. The van der Waals surface area contributed by atoms with Gasteiger partial charge in [0.25, 0.3) is 0 Å². The molecule has 4 rings (SSSR count). The topological polar surface area (TPSA) is 243 Å². The van der Waals surface area contributed by atoms with Crippen LogP contribution >= 0.6 is 0 Å². The van der Waals surface area contributed by atoms with Crippen LogP contribution in [0.1, 0.15) is 29.3 Å². The van der Waals surface area contributed by atoms with Gasteiger partial charge in [-0.1, -0.05) is 24.3 Å². The van der Waals surface area contributed by atoms with Gasteiger partial charge in [-0.25, -0.2) is 4.79 Å². The lowest BCUT2D eigenvalue weighted by Crippen LogP contribution is -2.59. The van der Waals surface area contributed by atoms with Crippen LogP contribution in [-0.4, -0.2) is 143 Å². The number of nitrogens with one attached hydrogen (secondary N) is 2. The third-order valence-electron chi connectivity index (χ3n) is 7.67. The third kappa shape index (κ3) is 8.74. The predicted molar refractivity (Wildman–Crippen MR) is 155 cm³/mol. The molecule has 2 fully saturated rings. The molecule has 2 amide bonds. The number of esters is 1. The summed E-state index contributed by atoms with van der Waals surface area (Å²) >= 11 is 0. The summed E-state index contributed by atoms with van der Waals surface area (Å²) in [5, 5.41) is 62.9. The van der Waals surface area contributed by atoms with Gasteiger partial charge in [-0.15, -0.1) is 0 Å². The summed E-state index contributed by atoms with van der Waals surface area (Å²) in [6, 6.07) is 5.09. The molecule has 0 bridgehead atoms. The van der Waals surface area contributed by atoms with E-state index in [2.05, 4.69) is 10.6 Å². The van der Waals surface area contributed by atoms with Gasteiger partial charge in [0.15, 0.2) is 6.29 Å². The van der Waals surface area contributed by atoms with Crippen molar-refractivity contribution in [3.63, 3.8) is 0 Å². The van der Waals surface area contributed by atoms with Crippen LogP contribution in [0, 0.1) is 0 Å². The zero-order valence-corrected chi connectivity index (χ0v) is 25.0. The third-order valence-corrected chi connectivity index (χ3v) is 7.67. The van der Waals surface area contributed by atoms with E-state index in [1.54, 1.807) is 24.3 Å². The quantitative estimate of drug-likeness (QED) is 0.0997. The van der Waals surface area contributed by atoms with Gasteiger partial charge in [-0.2, -0.15) is 0 Å². The van der Waals surface area contributed by atoms with E-state index in [1.165, 1.54) is 25.1 Å². The summed E-state index contributed by atoms with van der Waals surface area (Å²) in [6.07, 6.45) is -5.57. The first-order valence-corrected chi connectivity index (χ1v) is 14.7. The van der Waals surface area contributed by atoms with E-state index in [9.17, 15) is 39.9 Å². The van der Waals surface area contributed by atoms with Crippen molar-refractivity contribution in [2.45, 2.75) is 74.5 Å². The van der Waals surface area contributed by atoms with Crippen molar-refractivity contribution in [2.75, 3.05) is 33.2 Å². The molecule has 0 radical (unpaired) electrons. The second-order valence-electron chi connectivity index (χ2n) is 11.0. The van der Waals surface area contributed by atoms with Crippen LogP contribution < -0.4 is 10.6 Å². The highest BCUT2D eigenvalue weighted by Crippen LogP contribution is 2.31. The van der Waals surface area contributed by atoms with Gasteiger partial charge in [0.2, 0.25) is 11.8 Å². The number of ether oxygens (including phenoxy) is 5. The normalized spacial score (nSPS) is 30.6. The first-order valence-electron chi connectivity index (χ1n) is 14.7. The van der Waals surface area contributed by atoms with Crippen LogP contribution in [0.25, 0.3) is 6.08 Å². The molecule has 1 aliphatic carbocycles. The summed E-state index contributed by atoms with van der Waals surface area (Å²) in [4.78, 5) is 38.5. The minimum absolute atomic E-state index is 0.0342. The Hall–Kier alpha value is -3.29. The lowest BCUT2D eigenvalue weighted by atomic mass is 9.91. The Morgan fingerprint density at radius 3 is 2.48 bits per heavy atom. The number of hydrogen-bond acceptors (Lipinski definition) is 14. The number of amides is 2. The fourth-order valence-corrected chi connectivity index (χ4v) is 5.13. The summed E-state index contributed by atoms with van der Waals surface area (Å²) in [5.41, 5.74) is 1.09. The number of fused-ring (bicyclic) bond motifs is 1. The van der Waals surface area contributed by atoms with Gasteiger partial charge in [-0.05, 0) is 30.7 Å². The smallest absolute Gasteiger partial charge is 0.338 e. The van der Waals surface area contributed by atoms with Crippen LogP contribution in [0.3, 0.4) is 0 Å². The molecular formula is C30H40N2O14. The summed E-state index contributed by atoms with van der Waals surface area (Å²) in [6.45, 7) is 0.302. The SMILES string of the molecule is CC(O)C(NC(=O)C1=CC2OCOC2C(OC(=O)c2ccc(C=CCOC3OC(CO)C(O)C(O)C3O)cc2)C1)C(=O)NCCO. The van der Waals surface area contributed by atoms with Gasteiger partial charge in [-0.3, -0.25) is 9.59 Å². The fraction of sp³-hybridized carbons (Fsp3) is 0.567. The molecular weight excluding hydrogens is 612 g/mol. The van der Waals surface area contributed by atoms with E-state index >= 15 is 0 Å². The second kappa shape index (κ2) is 16.5. The molecule has 16 heteroatoms. The van der Waals surface area contributed by atoms with E-state index < -0.39 is 85.6 Å². The summed E-state index contributed by atoms with van der Waals surface area (Å²) in [7, 11) is 0. The molecule has 10 atom stereocenters. The molecule has 0 aromatic heterocycles. The molecule has 16 nitrogen and oxygen atoms in total. The second-order valence-corrected chi connectivity index (χ2v) is 11.0. The van der Waals surface area contributed by atoms with Crippen molar-refractivity contribution >= 4 is 23.9 Å². The summed E-state index contributed by atoms with van der Waals surface area (Å²) in [5.74, 6) is -2.01. The Morgan fingerprint density at radius 2 is 1.80 bits per heavy atom. The molecule has 0 spiro atoms. The molecule has 1 aromatic rings. The van der Waals surface area contributed by atoms with E-state index in [-0.39, 0.29) is 44.1 Å². The van der Waals surface area contributed by atoms with Crippen LogP contribution in [-0.2, 0) is 33.3 Å². The van der Waals surface area contributed by atoms with Crippen LogP contribution in [0.15, 0.2) is 42.0 Å². The molecule has 3 aliphatic rings. The van der Waals surface area contributed by atoms with E-state index in [0.29, 0.717) is 5.56 Å². The maximum absolute atomic E-state index is 13.1. The maximum atomic E-state index is 13.1. The number of carbonyl (C=O) groups is 3. The zero-order chi connectivity index (χ0) is 33.4. The Kier molecular flexibility index (Phi) is 12.8. The monoisotopic (exact) mass is 652 g/mol. The van der Waals surface area contributed by atoms with Crippen molar-refractivity contribution < 1.29 is 68.7 Å². The Bertz CT molecular complexity index is 1250. The maximum Gasteiger partial charge on any atom is 0.338 e. The van der Waals surface area contributed by atoms with Crippen molar-refractivity contribution in [1.29, 1.82) is 0 Å². The predicted octanol–water partition coefficient (Wildman–Crippen LogP) is -2.91. The number of hydrogen-bond donors (Lipinski definition) is 8. The number of benzene rings is 1. The average molecular weight is 653 g/mol. The van der Waals surface area contributed by atoms with Gasteiger partial charge in [0.1, 0.15) is 55.6 Å². The minimum Gasteiger partial charge on any atom is -0.456 e. The van der Waals surface area contributed by atoms with Gasteiger partial charge in [0.05, 0.1) is 31.5 Å². The molecule has 46 heavy (non-hydrogen) atoms. The first-order chi connectivity index (χ1) is 22.0. The van der Waals surface area contributed by atoms with Gasteiger partial charge >= 0.3 is 5.97 Å². The number of aliphatic hydroxyl groups excluding tert-OH is 6. The standard InChI is InChI=1S/C30H40N2O14/c1-15(35)22(28(40)31-8-9-33)32-27(39)18-11-19-26(44-14-43-19)20(12-18)45-29(41)17-6-4-16(5-7-17)3-2-10-42-30-25(38)24(37)23(36)21(13-34)46-30/h2-7,11,15,19-26,30,33-38H,8-10,12-14H2,1H3,(H,31,40)(H,32,39). The van der Waals surface area contributed by atoms with Crippen LogP contribution in [0.5, 0.6) is 0 Å². The van der Waals surface area contributed by atoms with Crippen LogP contribution in [0.4, 0.5) is 0 Å². The average Bonchev–Trinajstić information content (AvgIpc) is 3.53. The number of rotatable bonds is 13. The molecule has 10 unspecified atom stereocenters. The molecule has 2 saturated heterocycles. The van der Waals surface area contributed by atoms with Crippen molar-refractivity contribution in [3.05, 3.63) is 53.1 Å². The molecule has 254 valence electrons. The van der Waals surface area contributed by atoms with Gasteiger partial charge in [0, 0.05) is 18.5 Å². The lowest BCUT2D eigenvalue weighted by Gasteiger charge is -2.39. The fourth-order valence-electron chi connectivity index (χ4n) is 5.13. The summed E-state index contributed by atoms with van der Waals surface area (Å²) < 4.78 is 27.6.